The second-order valence-electron chi connectivity index (χ2n) is 3.73. The molecule has 0 unspecified atom stereocenters. The number of aromatic carboxylic acids is 1. The smallest absolute Gasteiger partial charge is 0.335 e. The van der Waals surface area contributed by atoms with Crippen molar-refractivity contribution < 1.29 is 14.6 Å². The zero-order valence-corrected chi connectivity index (χ0v) is 10.4. The van der Waals surface area contributed by atoms with Crippen molar-refractivity contribution >= 4 is 17.6 Å². The first kappa shape index (κ1) is 12.5. The van der Waals surface area contributed by atoms with Crippen LogP contribution in [0.5, 0.6) is 5.75 Å². The Bertz CT molecular complexity index is 576. The van der Waals surface area contributed by atoms with Gasteiger partial charge in [-0.1, -0.05) is 29.8 Å². The van der Waals surface area contributed by atoms with Crippen LogP contribution in [0.1, 0.15) is 10.4 Å². The summed E-state index contributed by atoms with van der Waals surface area (Å²) >= 11 is 6.09. The monoisotopic (exact) mass is 262 g/mol. The largest absolute Gasteiger partial charge is 0.497 e. The number of halogens is 1. The van der Waals surface area contributed by atoms with Crippen LogP contribution in [0.15, 0.2) is 42.5 Å². The van der Waals surface area contributed by atoms with E-state index in [9.17, 15) is 4.79 Å². The summed E-state index contributed by atoms with van der Waals surface area (Å²) in [6.07, 6.45) is 0. The van der Waals surface area contributed by atoms with E-state index in [1.54, 1.807) is 13.2 Å². The summed E-state index contributed by atoms with van der Waals surface area (Å²) in [4.78, 5) is 10.8. The van der Waals surface area contributed by atoms with Crippen LogP contribution < -0.4 is 4.74 Å². The molecule has 2 aromatic rings. The first-order chi connectivity index (χ1) is 8.61. The summed E-state index contributed by atoms with van der Waals surface area (Å²) in [7, 11) is 1.60. The molecular formula is C14H11ClO3. The molecule has 4 heteroatoms. The van der Waals surface area contributed by atoms with Gasteiger partial charge in [0.25, 0.3) is 0 Å². The Hall–Kier alpha value is -2.00. The predicted molar refractivity (Wildman–Crippen MR) is 70.4 cm³/mol. The lowest BCUT2D eigenvalue weighted by atomic mass is 10.0. The van der Waals surface area contributed by atoms with Crippen molar-refractivity contribution in [2.45, 2.75) is 0 Å². The van der Waals surface area contributed by atoms with Gasteiger partial charge in [0.15, 0.2) is 0 Å². The Labute approximate surface area is 110 Å². The van der Waals surface area contributed by atoms with E-state index in [1.165, 1.54) is 12.1 Å². The van der Waals surface area contributed by atoms with Crippen molar-refractivity contribution in [2.75, 3.05) is 7.11 Å². The van der Waals surface area contributed by atoms with Crippen molar-refractivity contribution in [3.05, 3.63) is 53.1 Å². The standard InChI is InChI=1S/C14H11ClO3/c1-18-11-5-2-9(3-6-11)12-7-4-10(14(16)17)8-13(12)15/h2-8H,1H3,(H,16,17). The van der Waals surface area contributed by atoms with Crippen LogP contribution in [-0.4, -0.2) is 18.2 Å². The van der Waals surface area contributed by atoms with Gasteiger partial charge in [-0.25, -0.2) is 4.79 Å². The number of carboxylic acids is 1. The summed E-state index contributed by atoms with van der Waals surface area (Å²) in [6.45, 7) is 0. The van der Waals surface area contributed by atoms with E-state index < -0.39 is 5.97 Å². The maximum Gasteiger partial charge on any atom is 0.335 e. The molecule has 0 heterocycles. The van der Waals surface area contributed by atoms with Gasteiger partial charge in [0.1, 0.15) is 5.75 Å². The Balaban J connectivity index is 2.41. The Morgan fingerprint density at radius 1 is 1.17 bits per heavy atom. The van der Waals surface area contributed by atoms with Crippen molar-refractivity contribution in [1.29, 1.82) is 0 Å². The fourth-order valence-corrected chi connectivity index (χ4v) is 1.94. The van der Waals surface area contributed by atoms with E-state index in [1.807, 2.05) is 24.3 Å². The minimum atomic E-state index is -0.988. The molecule has 2 rings (SSSR count). The maximum atomic E-state index is 10.8. The van der Waals surface area contributed by atoms with Gasteiger partial charge < -0.3 is 9.84 Å². The van der Waals surface area contributed by atoms with Crippen molar-refractivity contribution in [3.8, 4) is 16.9 Å². The van der Waals surface area contributed by atoms with Gasteiger partial charge in [0.05, 0.1) is 12.7 Å². The third-order valence-corrected chi connectivity index (χ3v) is 2.93. The molecule has 0 fully saturated rings. The number of hydrogen-bond donors (Lipinski definition) is 1. The van der Waals surface area contributed by atoms with Crippen LogP contribution in [-0.2, 0) is 0 Å². The van der Waals surface area contributed by atoms with E-state index >= 15 is 0 Å². The van der Waals surface area contributed by atoms with E-state index in [2.05, 4.69) is 0 Å². The first-order valence-electron chi connectivity index (χ1n) is 5.29. The minimum Gasteiger partial charge on any atom is -0.497 e. The summed E-state index contributed by atoms with van der Waals surface area (Å²) < 4.78 is 5.08. The van der Waals surface area contributed by atoms with Gasteiger partial charge in [0.2, 0.25) is 0 Å². The molecule has 0 saturated heterocycles. The molecule has 0 aliphatic rings. The minimum absolute atomic E-state index is 0.178. The molecule has 18 heavy (non-hydrogen) atoms. The fourth-order valence-electron chi connectivity index (χ4n) is 1.65. The predicted octanol–water partition coefficient (Wildman–Crippen LogP) is 3.71. The Kier molecular flexibility index (Phi) is 3.53. The molecule has 3 nitrogen and oxygen atoms in total. The van der Waals surface area contributed by atoms with E-state index in [-0.39, 0.29) is 5.56 Å². The lowest BCUT2D eigenvalue weighted by Crippen LogP contribution is -1.95. The SMILES string of the molecule is COc1ccc(-c2ccc(C(=O)O)cc2Cl)cc1. The number of carbonyl (C=O) groups is 1. The number of hydrogen-bond acceptors (Lipinski definition) is 2. The maximum absolute atomic E-state index is 10.8. The Morgan fingerprint density at radius 2 is 1.83 bits per heavy atom. The topological polar surface area (TPSA) is 46.5 Å². The summed E-state index contributed by atoms with van der Waals surface area (Å²) in [5.74, 6) is -0.227. The summed E-state index contributed by atoms with van der Waals surface area (Å²) in [6, 6.07) is 12.1. The molecule has 0 atom stereocenters. The van der Waals surface area contributed by atoms with Crippen LogP contribution >= 0.6 is 11.6 Å². The van der Waals surface area contributed by atoms with E-state index in [4.69, 9.17) is 21.4 Å². The number of rotatable bonds is 3. The summed E-state index contributed by atoms with van der Waals surface area (Å²) in [5, 5.41) is 9.28. The zero-order chi connectivity index (χ0) is 13.1. The molecule has 0 amide bonds. The molecule has 0 aromatic heterocycles. The molecule has 0 aliphatic heterocycles. The fraction of sp³-hybridized carbons (Fsp3) is 0.0714. The highest BCUT2D eigenvalue weighted by Gasteiger charge is 2.08. The lowest BCUT2D eigenvalue weighted by Gasteiger charge is -2.06. The van der Waals surface area contributed by atoms with E-state index in [0.29, 0.717) is 5.02 Å². The van der Waals surface area contributed by atoms with Gasteiger partial charge in [-0.2, -0.15) is 0 Å². The van der Waals surface area contributed by atoms with E-state index in [0.717, 1.165) is 16.9 Å². The third-order valence-electron chi connectivity index (χ3n) is 2.62. The number of methoxy groups -OCH3 is 1. The normalized spacial score (nSPS) is 10.1. The van der Waals surface area contributed by atoms with Crippen LogP contribution in [0.3, 0.4) is 0 Å². The molecule has 92 valence electrons. The molecule has 1 N–H and O–H groups in total. The van der Waals surface area contributed by atoms with Crippen LogP contribution in [0.25, 0.3) is 11.1 Å². The second kappa shape index (κ2) is 5.10. The highest BCUT2D eigenvalue weighted by atomic mass is 35.5. The first-order valence-corrected chi connectivity index (χ1v) is 5.67. The number of benzene rings is 2. The van der Waals surface area contributed by atoms with Crippen LogP contribution in [0.4, 0.5) is 0 Å². The number of carboxylic acid groups (broad SMARTS) is 1. The quantitative estimate of drug-likeness (QED) is 0.917. The van der Waals surface area contributed by atoms with Gasteiger partial charge in [0, 0.05) is 10.6 Å². The van der Waals surface area contributed by atoms with Crippen LogP contribution in [0, 0.1) is 0 Å². The molecule has 0 spiro atoms. The Morgan fingerprint density at radius 3 is 2.33 bits per heavy atom. The lowest BCUT2D eigenvalue weighted by molar-refractivity contribution is 0.0697. The average molecular weight is 263 g/mol. The number of ether oxygens (including phenoxy) is 1. The third kappa shape index (κ3) is 2.46. The summed E-state index contributed by atoms with van der Waals surface area (Å²) in [5.41, 5.74) is 1.89. The molecule has 0 saturated carbocycles. The second-order valence-corrected chi connectivity index (χ2v) is 4.14. The highest BCUT2D eigenvalue weighted by molar-refractivity contribution is 6.33. The van der Waals surface area contributed by atoms with Gasteiger partial charge in [-0.05, 0) is 29.8 Å². The van der Waals surface area contributed by atoms with Crippen molar-refractivity contribution in [3.63, 3.8) is 0 Å². The van der Waals surface area contributed by atoms with Gasteiger partial charge >= 0.3 is 5.97 Å². The zero-order valence-electron chi connectivity index (χ0n) is 9.68. The van der Waals surface area contributed by atoms with Crippen LogP contribution in [0.2, 0.25) is 5.02 Å². The highest BCUT2D eigenvalue weighted by Crippen LogP contribution is 2.29. The van der Waals surface area contributed by atoms with Gasteiger partial charge in [-0.3, -0.25) is 0 Å². The average Bonchev–Trinajstić information content (AvgIpc) is 2.38. The molecule has 0 bridgehead atoms. The molecule has 0 aliphatic carbocycles. The molecule has 2 aromatic carbocycles. The van der Waals surface area contributed by atoms with Crippen molar-refractivity contribution in [2.24, 2.45) is 0 Å². The van der Waals surface area contributed by atoms with Gasteiger partial charge in [-0.15, -0.1) is 0 Å². The van der Waals surface area contributed by atoms with Crippen molar-refractivity contribution in [1.82, 2.24) is 0 Å². The molecular weight excluding hydrogens is 252 g/mol. The molecule has 0 radical (unpaired) electrons.